The molecule has 1 aliphatic carbocycles. The Morgan fingerprint density at radius 3 is 2.47 bits per heavy atom. The van der Waals surface area contributed by atoms with Crippen LogP contribution in [0, 0.1) is 11.3 Å². The molecule has 0 atom stereocenters. The number of hydrogen-bond acceptors (Lipinski definition) is 2. The van der Waals surface area contributed by atoms with Gasteiger partial charge in [-0.3, -0.25) is 4.79 Å². The summed E-state index contributed by atoms with van der Waals surface area (Å²) < 4.78 is 0. The zero-order valence-corrected chi connectivity index (χ0v) is 13.0. The standard InChI is InChI=1S/C15H28N2O.ClH/c1-2-15(7-3-4-8-15)12-17-14(18)11-13-5-9-16-10-6-13;/h13,16H,2-12H2,1H3,(H,17,18);1H. The summed E-state index contributed by atoms with van der Waals surface area (Å²) in [4.78, 5) is 12.0. The van der Waals surface area contributed by atoms with Crippen molar-refractivity contribution in [1.29, 1.82) is 0 Å². The van der Waals surface area contributed by atoms with E-state index >= 15 is 0 Å². The Kier molecular flexibility index (Phi) is 7.16. The molecule has 2 rings (SSSR count). The Bertz CT molecular complexity index is 271. The van der Waals surface area contributed by atoms with Gasteiger partial charge >= 0.3 is 0 Å². The van der Waals surface area contributed by atoms with Crippen LogP contribution in [0.1, 0.15) is 58.3 Å². The molecule has 2 fully saturated rings. The van der Waals surface area contributed by atoms with Gasteiger partial charge in [0.2, 0.25) is 5.91 Å². The van der Waals surface area contributed by atoms with Gasteiger partial charge < -0.3 is 10.6 Å². The normalized spacial score (nSPS) is 22.8. The third kappa shape index (κ3) is 4.96. The number of halogens is 1. The highest BCUT2D eigenvalue weighted by Crippen LogP contribution is 2.40. The summed E-state index contributed by atoms with van der Waals surface area (Å²) >= 11 is 0. The van der Waals surface area contributed by atoms with E-state index in [-0.39, 0.29) is 18.3 Å². The van der Waals surface area contributed by atoms with Gasteiger partial charge in [-0.15, -0.1) is 12.4 Å². The molecule has 1 amide bonds. The fourth-order valence-corrected chi connectivity index (χ4v) is 3.49. The molecule has 1 saturated heterocycles. The van der Waals surface area contributed by atoms with Gasteiger partial charge in [-0.2, -0.15) is 0 Å². The van der Waals surface area contributed by atoms with Gasteiger partial charge in [-0.25, -0.2) is 0 Å². The third-order valence-electron chi connectivity index (χ3n) is 5.01. The van der Waals surface area contributed by atoms with Crippen LogP contribution in [-0.2, 0) is 4.79 Å². The lowest BCUT2D eigenvalue weighted by atomic mass is 9.83. The first kappa shape index (κ1) is 16.8. The summed E-state index contributed by atoms with van der Waals surface area (Å²) in [7, 11) is 0. The van der Waals surface area contributed by atoms with Gasteiger partial charge in [0.25, 0.3) is 0 Å². The van der Waals surface area contributed by atoms with Crippen LogP contribution in [0.15, 0.2) is 0 Å². The predicted octanol–water partition coefficient (Wildman–Crippen LogP) is 2.88. The largest absolute Gasteiger partial charge is 0.356 e. The monoisotopic (exact) mass is 288 g/mol. The van der Waals surface area contributed by atoms with E-state index in [9.17, 15) is 4.79 Å². The van der Waals surface area contributed by atoms with E-state index in [0.717, 1.165) is 38.9 Å². The van der Waals surface area contributed by atoms with Crippen molar-refractivity contribution in [3.63, 3.8) is 0 Å². The second kappa shape index (κ2) is 8.11. The average molecular weight is 289 g/mol. The van der Waals surface area contributed by atoms with Crippen LogP contribution in [0.5, 0.6) is 0 Å². The van der Waals surface area contributed by atoms with Crippen LogP contribution < -0.4 is 10.6 Å². The smallest absolute Gasteiger partial charge is 0.220 e. The van der Waals surface area contributed by atoms with E-state index in [2.05, 4.69) is 17.6 Å². The first-order chi connectivity index (χ1) is 8.74. The molecule has 2 aliphatic rings. The lowest BCUT2D eigenvalue weighted by Gasteiger charge is -2.28. The van der Waals surface area contributed by atoms with Crippen LogP contribution in [0.25, 0.3) is 0 Å². The van der Waals surface area contributed by atoms with Gasteiger partial charge in [-0.05, 0) is 56.5 Å². The van der Waals surface area contributed by atoms with Crippen molar-refractivity contribution in [1.82, 2.24) is 10.6 Å². The van der Waals surface area contributed by atoms with Crippen LogP contribution in [0.2, 0.25) is 0 Å². The van der Waals surface area contributed by atoms with Crippen LogP contribution in [-0.4, -0.2) is 25.5 Å². The Morgan fingerprint density at radius 2 is 1.89 bits per heavy atom. The highest BCUT2D eigenvalue weighted by molar-refractivity contribution is 5.85. The summed E-state index contributed by atoms with van der Waals surface area (Å²) in [5.41, 5.74) is 0.420. The fourth-order valence-electron chi connectivity index (χ4n) is 3.49. The lowest BCUT2D eigenvalue weighted by Crippen LogP contribution is -2.37. The second-order valence-corrected chi connectivity index (χ2v) is 6.23. The van der Waals surface area contributed by atoms with E-state index in [0.29, 0.717) is 11.3 Å². The molecule has 1 aliphatic heterocycles. The van der Waals surface area contributed by atoms with E-state index in [1.807, 2.05) is 0 Å². The molecule has 112 valence electrons. The number of piperidine rings is 1. The van der Waals surface area contributed by atoms with Crippen LogP contribution >= 0.6 is 12.4 Å². The maximum absolute atomic E-state index is 12.0. The maximum atomic E-state index is 12.0. The first-order valence-corrected chi connectivity index (χ1v) is 7.71. The van der Waals surface area contributed by atoms with Gasteiger partial charge in [0.15, 0.2) is 0 Å². The molecule has 0 aromatic rings. The van der Waals surface area contributed by atoms with E-state index in [1.54, 1.807) is 0 Å². The molecule has 1 saturated carbocycles. The number of amides is 1. The zero-order valence-electron chi connectivity index (χ0n) is 12.2. The molecular formula is C15H29ClN2O. The quantitative estimate of drug-likeness (QED) is 0.817. The topological polar surface area (TPSA) is 41.1 Å². The molecule has 19 heavy (non-hydrogen) atoms. The fraction of sp³-hybridized carbons (Fsp3) is 0.933. The summed E-state index contributed by atoms with van der Waals surface area (Å²) in [6.07, 6.45) is 9.56. The first-order valence-electron chi connectivity index (χ1n) is 7.71. The highest BCUT2D eigenvalue weighted by Gasteiger charge is 2.32. The highest BCUT2D eigenvalue weighted by atomic mass is 35.5. The number of nitrogens with one attached hydrogen (secondary N) is 2. The van der Waals surface area contributed by atoms with Crippen molar-refractivity contribution in [3.8, 4) is 0 Å². The average Bonchev–Trinajstić information content (AvgIpc) is 2.87. The molecule has 2 N–H and O–H groups in total. The molecule has 1 heterocycles. The Balaban J connectivity index is 0.00000180. The Morgan fingerprint density at radius 1 is 1.26 bits per heavy atom. The number of carbonyl (C=O) groups is 1. The Labute approximate surface area is 123 Å². The molecule has 0 spiro atoms. The predicted molar refractivity (Wildman–Crippen MR) is 81.7 cm³/mol. The molecule has 0 aromatic carbocycles. The van der Waals surface area contributed by atoms with Crippen molar-refractivity contribution in [2.24, 2.45) is 11.3 Å². The third-order valence-corrected chi connectivity index (χ3v) is 5.01. The molecule has 0 unspecified atom stereocenters. The maximum Gasteiger partial charge on any atom is 0.220 e. The molecule has 0 bridgehead atoms. The van der Waals surface area contributed by atoms with Crippen molar-refractivity contribution >= 4 is 18.3 Å². The van der Waals surface area contributed by atoms with E-state index < -0.39 is 0 Å². The van der Waals surface area contributed by atoms with Crippen molar-refractivity contribution in [2.75, 3.05) is 19.6 Å². The van der Waals surface area contributed by atoms with E-state index in [1.165, 1.54) is 32.1 Å². The molecule has 0 aromatic heterocycles. The van der Waals surface area contributed by atoms with Crippen molar-refractivity contribution in [3.05, 3.63) is 0 Å². The number of rotatable bonds is 5. The van der Waals surface area contributed by atoms with Crippen molar-refractivity contribution < 1.29 is 4.79 Å². The summed E-state index contributed by atoms with van der Waals surface area (Å²) in [5.74, 6) is 0.883. The van der Waals surface area contributed by atoms with E-state index in [4.69, 9.17) is 0 Å². The molecule has 3 nitrogen and oxygen atoms in total. The second-order valence-electron chi connectivity index (χ2n) is 6.23. The van der Waals surface area contributed by atoms with Gasteiger partial charge in [-0.1, -0.05) is 19.8 Å². The van der Waals surface area contributed by atoms with Gasteiger partial charge in [0.1, 0.15) is 0 Å². The number of hydrogen-bond donors (Lipinski definition) is 2. The molecule has 4 heteroatoms. The van der Waals surface area contributed by atoms with Gasteiger partial charge in [0.05, 0.1) is 0 Å². The minimum Gasteiger partial charge on any atom is -0.356 e. The summed E-state index contributed by atoms with van der Waals surface area (Å²) in [6, 6.07) is 0. The lowest BCUT2D eigenvalue weighted by molar-refractivity contribution is -0.122. The minimum absolute atomic E-state index is 0. The number of carbonyl (C=O) groups excluding carboxylic acids is 1. The SMILES string of the molecule is CCC1(CNC(=O)CC2CCNCC2)CCCC1.Cl. The summed E-state index contributed by atoms with van der Waals surface area (Å²) in [6.45, 7) is 5.34. The molecule has 0 radical (unpaired) electrons. The molecular weight excluding hydrogens is 260 g/mol. The zero-order chi connectivity index (χ0) is 12.8. The van der Waals surface area contributed by atoms with Crippen LogP contribution in [0.3, 0.4) is 0 Å². The van der Waals surface area contributed by atoms with Crippen molar-refractivity contribution in [2.45, 2.75) is 58.3 Å². The summed E-state index contributed by atoms with van der Waals surface area (Å²) in [5, 5.41) is 6.55. The van der Waals surface area contributed by atoms with Crippen LogP contribution in [0.4, 0.5) is 0 Å². The van der Waals surface area contributed by atoms with Gasteiger partial charge in [0, 0.05) is 13.0 Å². The minimum atomic E-state index is 0. The Hall–Kier alpha value is -0.280.